The van der Waals surface area contributed by atoms with Gasteiger partial charge in [0.15, 0.2) is 0 Å². The van der Waals surface area contributed by atoms with Gasteiger partial charge in [0.05, 0.1) is 5.60 Å². The van der Waals surface area contributed by atoms with E-state index in [1.54, 1.807) is 0 Å². The molecule has 0 spiro atoms. The summed E-state index contributed by atoms with van der Waals surface area (Å²) < 4.78 is 0. The summed E-state index contributed by atoms with van der Waals surface area (Å²) in [4.78, 5) is 16.8. The Morgan fingerprint density at radius 3 is 2.55 bits per heavy atom. The molecule has 2 saturated heterocycles. The maximum atomic E-state index is 13.3. The van der Waals surface area contributed by atoms with Gasteiger partial charge in [-0.2, -0.15) is 0 Å². The van der Waals surface area contributed by atoms with E-state index in [2.05, 4.69) is 40.5 Å². The minimum Gasteiger partial charge on any atom is -0.390 e. The average molecular weight is 413 g/mol. The molecular weight excluding hydrogens is 380 g/mol. The number of carbonyl (C=O) groups excluding carboxylic acids is 1. The van der Waals surface area contributed by atoms with Crippen LogP contribution in [0.2, 0.25) is 0 Å². The fourth-order valence-corrected chi connectivity index (χ4v) is 8.76. The van der Waals surface area contributed by atoms with Crippen molar-refractivity contribution in [2.45, 2.75) is 91.7 Å². The smallest absolute Gasteiger partial charge is 0.318 e. The van der Waals surface area contributed by atoms with Gasteiger partial charge in [0.25, 0.3) is 0 Å². The van der Waals surface area contributed by atoms with Gasteiger partial charge in [-0.15, -0.1) is 11.8 Å². The summed E-state index contributed by atoms with van der Waals surface area (Å²) in [5.41, 5.74) is -0.412. The summed E-state index contributed by atoms with van der Waals surface area (Å²) in [6, 6.07) is 11.9. The van der Waals surface area contributed by atoms with Crippen molar-refractivity contribution in [3.63, 3.8) is 0 Å². The lowest BCUT2D eigenvalue weighted by Crippen LogP contribution is -2.55. The molecule has 1 aromatic carbocycles. The number of urea groups is 1. The molecule has 5 fully saturated rings. The molecule has 2 heterocycles. The third-order valence-corrected chi connectivity index (χ3v) is 10.0. The molecule has 0 aromatic heterocycles. The first-order chi connectivity index (χ1) is 14.1. The fraction of sp³-hybridized carbons (Fsp3) is 0.708. The highest BCUT2D eigenvalue weighted by molar-refractivity contribution is 8.00. The second-order valence-electron chi connectivity index (χ2n) is 10.3. The molecular formula is C24H32N2O2S. The zero-order valence-electron chi connectivity index (χ0n) is 17.0. The lowest BCUT2D eigenvalue weighted by Gasteiger charge is -2.49. The summed E-state index contributed by atoms with van der Waals surface area (Å²) in [7, 11) is 0. The average Bonchev–Trinajstić information content (AvgIpc) is 3.17. The second-order valence-corrected chi connectivity index (χ2v) is 11.7. The van der Waals surface area contributed by atoms with Crippen LogP contribution in [-0.4, -0.2) is 45.0 Å². The first-order valence-corrected chi connectivity index (χ1v) is 12.5. The largest absolute Gasteiger partial charge is 0.390 e. The fourth-order valence-electron chi connectivity index (χ4n) is 7.42. The monoisotopic (exact) mass is 412 g/mol. The third-order valence-electron chi connectivity index (χ3n) is 8.77. The molecule has 29 heavy (non-hydrogen) atoms. The van der Waals surface area contributed by atoms with E-state index in [9.17, 15) is 9.90 Å². The predicted octanol–water partition coefficient (Wildman–Crippen LogP) is 4.42. The molecule has 3 aliphatic carbocycles. The minimum atomic E-state index is -0.412. The number of amides is 2. The van der Waals surface area contributed by atoms with Crippen LogP contribution in [-0.2, 0) is 0 Å². The van der Waals surface area contributed by atoms with Gasteiger partial charge in [0, 0.05) is 28.3 Å². The standard InChI is InChI=1S/C24H32N2O2S/c27-23(25-22-8-9-24(28)14-16-10-15(22)11-21(16)24)26-17-6-7-18(26)13-20(12-17)29-19-4-2-1-3-5-19/h1-5,15-18,20-22,28H,6-14H2,(H,25,27)/t15?,16?,17-,18+,20?,21?,22-,24+/m1/s1. The highest BCUT2D eigenvalue weighted by atomic mass is 32.2. The lowest BCUT2D eigenvalue weighted by atomic mass is 9.61. The molecule has 0 radical (unpaired) electrons. The van der Waals surface area contributed by atoms with Crippen LogP contribution in [0.5, 0.6) is 0 Å². The van der Waals surface area contributed by atoms with Gasteiger partial charge >= 0.3 is 6.03 Å². The van der Waals surface area contributed by atoms with Crippen LogP contribution in [0.3, 0.4) is 0 Å². The summed E-state index contributed by atoms with van der Waals surface area (Å²) in [5, 5.41) is 14.9. The Labute approximate surface area is 177 Å². The number of hydrogen-bond donors (Lipinski definition) is 2. The van der Waals surface area contributed by atoms with Gasteiger partial charge in [-0.25, -0.2) is 4.79 Å². The van der Waals surface area contributed by atoms with E-state index in [0.717, 1.165) is 51.4 Å². The normalized spacial score (nSPS) is 44.9. The number of nitrogens with zero attached hydrogens (tertiary/aromatic N) is 1. The van der Waals surface area contributed by atoms with Crippen molar-refractivity contribution in [3.05, 3.63) is 30.3 Å². The molecule has 4 nitrogen and oxygen atoms in total. The predicted molar refractivity (Wildman–Crippen MR) is 115 cm³/mol. The topological polar surface area (TPSA) is 52.6 Å². The summed E-state index contributed by atoms with van der Waals surface area (Å²) in [6.45, 7) is 0. The van der Waals surface area contributed by atoms with E-state index >= 15 is 0 Å². The van der Waals surface area contributed by atoms with Gasteiger partial charge in [0.1, 0.15) is 0 Å². The summed E-state index contributed by atoms with van der Waals surface area (Å²) in [6.07, 6.45) is 9.69. The maximum Gasteiger partial charge on any atom is 0.318 e. The quantitative estimate of drug-likeness (QED) is 0.773. The van der Waals surface area contributed by atoms with Crippen LogP contribution in [0.1, 0.15) is 57.8 Å². The van der Waals surface area contributed by atoms with Crippen molar-refractivity contribution in [1.82, 2.24) is 10.2 Å². The number of benzene rings is 1. The van der Waals surface area contributed by atoms with E-state index in [0.29, 0.717) is 35.1 Å². The molecule has 156 valence electrons. The Kier molecular flexibility index (Phi) is 4.42. The molecule has 2 aliphatic heterocycles. The second kappa shape index (κ2) is 6.91. The zero-order chi connectivity index (χ0) is 19.6. The van der Waals surface area contributed by atoms with Gasteiger partial charge in [-0.1, -0.05) is 18.2 Å². The molecule has 8 atom stereocenters. The highest BCUT2D eigenvalue weighted by Crippen LogP contribution is 2.60. The lowest BCUT2D eigenvalue weighted by molar-refractivity contribution is -0.130. The zero-order valence-corrected chi connectivity index (χ0v) is 17.8. The molecule has 4 unspecified atom stereocenters. The molecule has 1 aromatic rings. The van der Waals surface area contributed by atoms with Crippen molar-refractivity contribution < 1.29 is 9.90 Å². The Morgan fingerprint density at radius 1 is 1.03 bits per heavy atom. The first kappa shape index (κ1) is 18.6. The Hall–Kier alpha value is -1.20. The number of carbonyl (C=O) groups is 1. The van der Waals surface area contributed by atoms with Crippen LogP contribution in [0.4, 0.5) is 4.79 Å². The maximum absolute atomic E-state index is 13.3. The summed E-state index contributed by atoms with van der Waals surface area (Å²) >= 11 is 1.99. The van der Waals surface area contributed by atoms with Crippen molar-refractivity contribution in [1.29, 1.82) is 0 Å². The third kappa shape index (κ3) is 3.11. The molecule has 5 heteroatoms. The van der Waals surface area contributed by atoms with E-state index in [4.69, 9.17) is 0 Å². The number of fused-ring (bicyclic) bond motifs is 3. The van der Waals surface area contributed by atoms with Gasteiger partial charge < -0.3 is 15.3 Å². The molecule has 6 rings (SSSR count). The Bertz CT molecular complexity index is 774. The Morgan fingerprint density at radius 2 is 1.79 bits per heavy atom. The molecule has 5 aliphatic rings. The minimum absolute atomic E-state index is 0.177. The number of thioether (sulfide) groups is 1. The highest BCUT2D eigenvalue weighted by Gasteiger charge is 2.60. The van der Waals surface area contributed by atoms with Crippen LogP contribution in [0.15, 0.2) is 35.2 Å². The summed E-state index contributed by atoms with van der Waals surface area (Å²) in [5.74, 6) is 1.80. The van der Waals surface area contributed by atoms with Crippen LogP contribution >= 0.6 is 11.8 Å². The van der Waals surface area contributed by atoms with Crippen LogP contribution in [0.25, 0.3) is 0 Å². The number of hydrogen-bond acceptors (Lipinski definition) is 3. The van der Waals surface area contributed by atoms with E-state index < -0.39 is 5.60 Å². The van der Waals surface area contributed by atoms with Crippen molar-refractivity contribution in [3.8, 4) is 0 Å². The number of piperidine rings is 1. The van der Waals surface area contributed by atoms with E-state index in [1.165, 1.54) is 11.3 Å². The van der Waals surface area contributed by atoms with Crippen molar-refractivity contribution in [2.24, 2.45) is 17.8 Å². The number of aliphatic hydroxyl groups is 1. The van der Waals surface area contributed by atoms with E-state index in [1.807, 2.05) is 11.8 Å². The molecule has 3 saturated carbocycles. The first-order valence-electron chi connectivity index (χ1n) is 11.6. The van der Waals surface area contributed by atoms with Crippen LogP contribution < -0.4 is 5.32 Å². The van der Waals surface area contributed by atoms with Crippen molar-refractivity contribution in [2.75, 3.05) is 0 Å². The molecule has 2 N–H and O–H groups in total. The number of nitrogens with one attached hydrogen (secondary N) is 1. The SMILES string of the molecule is O=C(N[C@@H]1CC[C@]2(O)CC3CC1CC32)N1[C@@H]2CC[C@H]1CC(Sc1ccccc1)C2. The van der Waals surface area contributed by atoms with Crippen molar-refractivity contribution >= 4 is 17.8 Å². The Balaban J connectivity index is 1.10. The number of rotatable bonds is 3. The van der Waals surface area contributed by atoms with Gasteiger partial charge in [-0.05, 0) is 87.7 Å². The molecule has 4 bridgehead atoms. The molecule has 2 amide bonds. The van der Waals surface area contributed by atoms with Gasteiger partial charge in [0.2, 0.25) is 0 Å². The van der Waals surface area contributed by atoms with Crippen LogP contribution in [0, 0.1) is 17.8 Å². The van der Waals surface area contributed by atoms with Gasteiger partial charge in [-0.3, -0.25) is 0 Å². The van der Waals surface area contributed by atoms with E-state index in [-0.39, 0.29) is 12.1 Å².